The molecule has 0 heterocycles. The molecule has 1 radical (unpaired) electrons. The number of rotatable bonds is 2. The molecule has 0 rings (SSSR count). The van der Waals surface area contributed by atoms with Crippen LogP contribution in [0.1, 0.15) is 0 Å². The van der Waals surface area contributed by atoms with E-state index < -0.39 is 17.5 Å². The molecular weight excluding hydrogens is 175 g/mol. The Labute approximate surface area is 91.6 Å². The molecule has 0 saturated heterocycles. The number of ether oxygens (including phenoxy) is 2. The summed E-state index contributed by atoms with van der Waals surface area (Å²) >= 11 is 0. The van der Waals surface area contributed by atoms with Gasteiger partial charge in [0.2, 0.25) is 0 Å². The number of hydrogen-bond donors (Lipinski definition) is 1. The second-order valence-electron chi connectivity index (χ2n) is 1.53. The molecule has 0 bridgehead atoms. The summed E-state index contributed by atoms with van der Waals surface area (Å²) in [5.74, 6) is -1.86. The molecule has 0 spiro atoms. The minimum absolute atomic E-state index is 0. The number of aliphatic hydroxyl groups excluding tert-OH is 1. The fourth-order valence-corrected chi connectivity index (χ4v) is 0.409. The normalized spacial score (nSPS) is 7.50. The van der Waals surface area contributed by atoms with Gasteiger partial charge >= 0.3 is 11.9 Å². The van der Waals surface area contributed by atoms with E-state index in [1.807, 2.05) is 0 Å². The van der Waals surface area contributed by atoms with Gasteiger partial charge < -0.3 is 14.6 Å². The van der Waals surface area contributed by atoms with Crippen LogP contribution in [-0.2, 0) is 19.1 Å². The van der Waals surface area contributed by atoms with Crippen molar-refractivity contribution in [3.63, 3.8) is 0 Å². The second kappa shape index (κ2) is 7.15. The van der Waals surface area contributed by atoms with Gasteiger partial charge in [0.25, 0.3) is 0 Å². The van der Waals surface area contributed by atoms with Gasteiger partial charge in [0.15, 0.2) is 5.57 Å². The van der Waals surface area contributed by atoms with E-state index in [4.69, 9.17) is 5.11 Å². The van der Waals surface area contributed by atoms with Crippen molar-refractivity contribution in [2.75, 3.05) is 14.2 Å². The molecule has 0 unspecified atom stereocenters. The molecule has 0 saturated carbocycles. The van der Waals surface area contributed by atoms with Gasteiger partial charge in [0, 0.05) is 29.6 Å². The Morgan fingerprint density at radius 2 is 1.50 bits per heavy atom. The number of aliphatic hydroxyl groups is 1. The van der Waals surface area contributed by atoms with Crippen LogP contribution in [0.5, 0.6) is 0 Å². The molecule has 0 aliphatic rings. The third kappa shape index (κ3) is 3.75. The minimum Gasteiger partial charge on any atom is -0.514 e. The maximum atomic E-state index is 10.6. The van der Waals surface area contributed by atoms with Crippen LogP contribution in [0.2, 0.25) is 0 Å². The van der Waals surface area contributed by atoms with Gasteiger partial charge in [-0.2, -0.15) is 0 Å². The smallest absolute Gasteiger partial charge is 0.348 e. The third-order valence-corrected chi connectivity index (χ3v) is 0.940. The molecule has 0 aromatic rings. The summed E-state index contributed by atoms with van der Waals surface area (Å²) < 4.78 is 8.32. The van der Waals surface area contributed by atoms with Crippen molar-refractivity contribution in [3.05, 3.63) is 11.8 Å². The molecular formula is C6H8NaO5. The van der Waals surface area contributed by atoms with Crippen LogP contribution in [0.15, 0.2) is 11.8 Å². The zero-order chi connectivity index (χ0) is 8.85. The van der Waals surface area contributed by atoms with Crippen LogP contribution in [0.3, 0.4) is 0 Å². The van der Waals surface area contributed by atoms with Crippen molar-refractivity contribution in [2.24, 2.45) is 0 Å². The quantitative estimate of drug-likeness (QED) is 0.154. The van der Waals surface area contributed by atoms with E-state index in [0.29, 0.717) is 6.26 Å². The first-order chi connectivity index (χ1) is 5.17. The Kier molecular flexibility index (Phi) is 8.36. The second-order valence-corrected chi connectivity index (χ2v) is 1.53. The van der Waals surface area contributed by atoms with Gasteiger partial charge in [0.05, 0.1) is 14.2 Å². The van der Waals surface area contributed by atoms with Crippen molar-refractivity contribution < 1.29 is 24.2 Å². The van der Waals surface area contributed by atoms with Gasteiger partial charge in [-0.05, 0) is 0 Å². The van der Waals surface area contributed by atoms with Crippen LogP contribution in [-0.4, -0.2) is 60.8 Å². The summed E-state index contributed by atoms with van der Waals surface area (Å²) in [4.78, 5) is 21.2. The summed E-state index contributed by atoms with van der Waals surface area (Å²) in [5.41, 5.74) is -0.532. The standard InChI is InChI=1S/C6H8O5.Na/c1-10-5(8)4(3-7)6(9)11-2;/h3,7H,1-2H3;. The molecule has 0 aliphatic carbocycles. The van der Waals surface area contributed by atoms with Crippen molar-refractivity contribution in [2.45, 2.75) is 0 Å². The Morgan fingerprint density at radius 3 is 1.67 bits per heavy atom. The molecule has 0 atom stereocenters. The maximum Gasteiger partial charge on any atom is 0.348 e. The van der Waals surface area contributed by atoms with Crippen molar-refractivity contribution >= 4 is 41.5 Å². The fraction of sp³-hybridized carbons (Fsp3) is 0.333. The van der Waals surface area contributed by atoms with Crippen LogP contribution < -0.4 is 0 Å². The monoisotopic (exact) mass is 183 g/mol. The summed E-state index contributed by atoms with van der Waals surface area (Å²) in [6.45, 7) is 0. The zero-order valence-electron chi connectivity index (χ0n) is 7.16. The predicted octanol–water partition coefficient (Wildman–Crippen LogP) is -0.607. The van der Waals surface area contributed by atoms with Crippen molar-refractivity contribution in [1.29, 1.82) is 0 Å². The van der Waals surface area contributed by atoms with Gasteiger partial charge in [-0.25, -0.2) is 9.59 Å². The largest absolute Gasteiger partial charge is 0.514 e. The number of carbonyl (C=O) groups is 2. The molecule has 5 nitrogen and oxygen atoms in total. The average Bonchev–Trinajstić information content (AvgIpc) is 2.05. The fourth-order valence-electron chi connectivity index (χ4n) is 0.409. The average molecular weight is 183 g/mol. The minimum atomic E-state index is -0.931. The molecule has 12 heavy (non-hydrogen) atoms. The van der Waals surface area contributed by atoms with E-state index in [-0.39, 0.29) is 29.6 Å². The van der Waals surface area contributed by atoms with E-state index >= 15 is 0 Å². The van der Waals surface area contributed by atoms with Gasteiger partial charge in [-0.15, -0.1) is 0 Å². The number of esters is 2. The summed E-state index contributed by atoms with van der Waals surface area (Å²) in [7, 11) is 2.18. The molecule has 1 N–H and O–H groups in total. The molecule has 0 aromatic carbocycles. The van der Waals surface area contributed by atoms with Crippen LogP contribution >= 0.6 is 0 Å². The van der Waals surface area contributed by atoms with Gasteiger partial charge in [-0.3, -0.25) is 0 Å². The van der Waals surface area contributed by atoms with E-state index in [2.05, 4.69) is 9.47 Å². The van der Waals surface area contributed by atoms with E-state index in [0.717, 1.165) is 14.2 Å². The molecule has 6 heteroatoms. The molecule has 0 aromatic heterocycles. The Balaban J connectivity index is 0. The number of hydrogen-bond acceptors (Lipinski definition) is 5. The van der Waals surface area contributed by atoms with Crippen molar-refractivity contribution in [1.82, 2.24) is 0 Å². The molecule has 63 valence electrons. The SMILES string of the molecule is COC(=O)C(=CO)C(=O)OC.[Na]. The first-order valence-electron chi connectivity index (χ1n) is 2.68. The van der Waals surface area contributed by atoms with Crippen LogP contribution in [0.4, 0.5) is 0 Å². The number of carbonyl (C=O) groups excluding carboxylic acids is 2. The van der Waals surface area contributed by atoms with Crippen molar-refractivity contribution in [3.8, 4) is 0 Å². The maximum absolute atomic E-state index is 10.6. The van der Waals surface area contributed by atoms with E-state index in [9.17, 15) is 9.59 Å². The molecule has 0 aliphatic heterocycles. The number of methoxy groups -OCH3 is 2. The Bertz CT molecular complexity index is 180. The van der Waals surface area contributed by atoms with E-state index in [1.54, 1.807) is 0 Å². The zero-order valence-corrected chi connectivity index (χ0v) is 9.16. The Hall–Kier alpha value is -0.520. The van der Waals surface area contributed by atoms with E-state index in [1.165, 1.54) is 0 Å². The summed E-state index contributed by atoms with van der Waals surface area (Å²) in [6.07, 6.45) is 0.345. The first kappa shape index (κ1) is 14.0. The third-order valence-electron chi connectivity index (χ3n) is 0.940. The predicted molar refractivity (Wildman–Crippen MR) is 40.5 cm³/mol. The van der Waals surface area contributed by atoms with Crippen LogP contribution in [0.25, 0.3) is 0 Å². The summed E-state index contributed by atoms with van der Waals surface area (Å²) in [6, 6.07) is 0. The topological polar surface area (TPSA) is 72.8 Å². The first-order valence-corrected chi connectivity index (χ1v) is 2.68. The molecule has 0 amide bonds. The Morgan fingerprint density at radius 1 is 1.17 bits per heavy atom. The molecule has 0 fully saturated rings. The van der Waals surface area contributed by atoms with Gasteiger partial charge in [0.1, 0.15) is 6.26 Å². The summed E-state index contributed by atoms with van der Waals surface area (Å²) in [5, 5.41) is 8.37. The van der Waals surface area contributed by atoms with Crippen LogP contribution in [0, 0.1) is 0 Å². The van der Waals surface area contributed by atoms with Gasteiger partial charge in [-0.1, -0.05) is 0 Å².